The molecule has 4 rings (SSSR count). The van der Waals surface area contributed by atoms with Gasteiger partial charge in [0.25, 0.3) is 5.89 Å². The van der Waals surface area contributed by atoms with Crippen LogP contribution in [-0.2, 0) is 22.6 Å². The summed E-state index contributed by atoms with van der Waals surface area (Å²) in [6.45, 7) is 3.50. The first-order valence-electron chi connectivity index (χ1n) is 9.47. The monoisotopic (exact) mass is 394 g/mol. The zero-order valence-corrected chi connectivity index (χ0v) is 16.2. The molecule has 1 aromatic carbocycles. The van der Waals surface area contributed by atoms with Crippen LogP contribution in [0.15, 0.2) is 53.3 Å². The Balaban J connectivity index is 1.42. The van der Waals surface area contributed by atoms with E-state index in [1.165, 1.54) is 0 Å². The Morgan fingerprint density at radius 2 is 2.17 bits per heavy atom. The van der Waals surface area contributed by atoms with Crippen molar-refractivity contribution in [2.45, 2.75) is 26.0 Å². The fourth-order valence-electron chi connectivity index (χ4n) is 3.23. The maximum absolute atomic E-state index is 13.0. The number of hydrogen-bond donors (Lipinski definition) is 0. The van der Waals surface area contributed by atoms with E-state index in [2.05, 4.69) is 15.1 Å². The highest BCUT2D eigenvalue weighted by Gasteiger charge is 2.32. The lowest BCUT2D eigenvalue weighted by atomic mass is 10.1. The minimum Gasteiger partial charge on any atom is -0.489 e. The van der Waals surface area contributed by atoms with Crippen molar-refractivity contribution >= 4 is 5.91 Å². The molecule has 8 heteroatoms. The first-order valence-corrected chi connectivity index (χ1v) is 9.47. The van der Waals surface area contributed by atoms with Crippen molar-refractivity contribution < 1.29 is 18.8 Å². The van der Waals surface area contributed by atoms with Crippen LogP contribution in [0.25, 0.3) is 0 Å². The molecule has 3 aromatic rings. The Kier molecular flexibility index (Phi) is 5.81. The number of hydrogen-bond acceptors (Lipinski definition) is 7. The van der Waals surface area contributed by atoms with Crippen molar-refractivity contribution in [1.29, 1.82) is 0 Å². The Morgan fingerprint density at radius 3 is 2.97 bits per heavy atom. The van der Waals surface area contributed by atoms with Gasteiger partial charge in [0.1, 0.15) is 18.4 Å². The largest absolute Gasteiger partial charge is 0.489 e. The molecule has 1 saturated heterocycles. The zero-order valence-electron chi connectivity index (χ0n) is 16.2. The maximum atomic E-state index is 13.0. The molecule has 0 saturated carbocycles. The molecule has 3 heterocycles. The zero-order chi connectivity index (χ0) is 20.1. The lowest BCUT2D eigenvalue weighted by Gasteiger charge is -2.33. The van der Waals surface area contributed by atoms with Gasteiger partial charge in [-0.05, 0) is 30.7 Å². The molecule has 150 valence electrons. The van der Waals surface area contributed by atoms with Gasteiger partial charge in [0.2, 0.25) is 5.91 Å². The number of aryl methyl sites for hydroxylation is 1. The van der Waals surface area contributed by atoms with Crippen LogP contribution in [0.5, 0.6) is 5.75 Å². The smallest absolute Gasteiger partial charge is 0.251 e. The molecular formula is C21H22N4O4. The van der Waals surface area contributed by atoms with Crippen LogP contribution in [0.3, 0.4) is 0 Å². The highest BCUT2D eigenvalue weighted by atomic mass is 16.5. The Morgan fingerprint density at radius 1 is 1.28 bits per heavy atom. The van der Waals surface area contributed by atoms with Crippen LogP contribution < -0.4 is 4.74 Å². The lowest BCUT2D eigenvalue weighted by molar-refractivity contribution is -0.140. The standard InChI is InChI=1S/C21H22N4O4/c1-15-23-21(29-24-15)19-14-27-9-8-25(19)20(26)11-16-4-2-6-18(10-16)28-13-17-5-3-7-22-12-17/h2-7,10,12,19H,8-9,11,13-14H2,1H3/t19-/m0/s1. The van der Waals surface area contributed by atoms with E-state index in [1.807, 2.05) is 36.4 Å². The summed E-state index contributed by atoms with van der Waals surface area (Å²) in [4.78, 5) is 23.1. The number of carbonyl (C=O) groups is 1. The molecule has 1 aliphatic rings. The predicted octanol–water partition coefficient (Wildman–Crippen LogP) is 2.49. The van der Waals surface area contributed by atoms with Crippen molar-refractivity contribution in [3.8, 4) is 5.75 Å². The second kappa shape index (κ2) is 8.83. The summed E-state index contributed by atoms with van der Waals surface area (Å²) in [5.41, 5.74) is 1.87. The van der Waals surface area contributed by atoms with Crippen LogP contribution in [0.2, 0.25) is 0 Å². The van der Waals surface area contributed by atoms with Crippen LogP contribution in [0.4, 0.5) is 0 Å². The summed E-state index contributed by atoms with van der Waals surface area (Å²) in [5, 5.41) is 3.83. The third-order valence-corrected chi connectivity index (χ3v) is 4.66. The molecule has 0 radical (unpaired) electrons. The minimum absolute atomic E-state index is 0.0152. The number of ether oxygens (including phenoxy) is 2. The number of nitrogens with zero attached hydrogens (tertiary/aromatic N) is 4. The van der Waals surface area contributed by atoms with Gasteiger partial charge in [0, 0.05) is 24.5 Å². The van der Waals surface area contributed by atoms with E-state index in [4.69, 9.17) is 14.0 Å². The third-order valence-electron chi connectivity index (χ3n) is 4.66. The van der Waals surface area contributed by atoms with Crippen LogP contribution in [0.1, 0.15) is 28.9 Å². The average molecular weight is 394 g/mol. The molecule has 1 amide bonds. The highest BCUT2D eigenvalue weighted by Crippen LogP contribution is 2.24. The molecular weight excluding hydrogens is 372 g/mol. The van der Waals surface area contributed by atoms with Gasteiger partial charge in [0.15, 0.2) is 5.82 Å². The van der Waals surface area contributed by atoms with E-state index >= 15 is 0 Å². The van der Waals surface area contributed by atoms with E-state index in [0.29, 0.717) is 43.8 Å². The average Bonchev–Trinajstić information content (AvgIpc) is 3.19. The second-order valence-corrected chi connectivity index (χ2v) is 6.83. The van der Waals surface area contributed by atoms with E-state index < -0.39 is 0 Å². The van der Waals surface area contributed by atoms with Crippen LogP contribution >= 0.6 is 0 Å². The quantitative estimate of drug-likeness (QED) is 0.634. The topological polar surface area (TPSA) is 90.6 Å². The maximum Gasteiger partial charge on any atom is 0.251 e. The number of carbonyl (C=O) groups excluding carboxylic acids is 1. The number of aromatic nitrogens is 3. The van der Waals surface area contributed by atoms with Gasteiger partial charge in [-0.1, -0.05) is 23.4 Å². The molecule has 0 spiro atoms. The summed E-state index contributed by atoms with van der Waals surface area (Å²) >= 11 is 0. The van der Waals surface area contributed by atoms with Crippen LogP contribution in [-0.4, -0.2) is 45.7 Å². The third kappa shape index (κ3) is 4.78. The van der Waals surface area contributed by atoms with Gasteiger partial charge in [-0.25, -0.2) is 0 Å². The second-order valence-electron chi connectivity index (χ2n) is 6.83. The molecule has 2 aromatic heterocycles. The fraction of sp³-hybridized carbons (Fsp3) is 0.333. The molecule has 0 bridgehead atoms. The molecule has 1 aliphatic heterocycles. The van der Waals surface area contributed by atoms with Gasteiger partial charge in [0.05, 0.1) is 19.6 Å². The molecule has 8 nitrogen and oxygen atoms in total. The van der Waals surface area contributed by atoms with Gasteiger partial charge in [-0.2, -0.15) is 4.98 Å². The fourth-order valence-corrected chi connectivity index (χ4v) is 3.23. The van der Waals surface area contributed by atoms with Crippen molar-refractivity contribution in [2.75, 3.05) is 19.8 Å². The van der Waals surface area contributed by atoms with E-state index in [0.717, 1.165) is 11.1 Å². The number of benzene rings is 1. The van der Waals surface area contributed by atoms with Gasteiger partial charge in [-0.3, -0.25) is 9.78 Å². The summed E-state index contributed by atoms with van der Waals surface area (Å²) < 4.78 is 16.6. The summed E-state index contributed by atoms with van der Waals surface area (Å²) in [7, 11) is 0. The number of amides is 1. The van der Waals surface area contributed by atoms with Crippen molar-refractivity contribution in [3.63, 3.8) is 0 Å². The lowest BCUT2D eigenvalue weighted by Crippen LogP contribution is -2.44. The van der Waals surface area contributed by atoms with Gasteiger partial charge < -0.3 is 18.9 Å². The molecule has 1 atom stereocenters. The summed E-state index contributed by atoms with van der Waals surface area (Å²) in [5.74, 6) is 1.64. The van der Waals surface area contributed by atoms with Crippen molar-refractivity contribution in [2.24, 2.45) is 0 Å². The Bertz CT molecular complexity index is 960. The Labute approximate surface area is 168 Å². The van der Waals surface area contributed by atoms with Crippen molar-refractivity contribution in [1.82, 2.24) is 20.0 Å². The Hall–Kier alpha value is -3.26. The summed E-state index contributed by atoms with van der Waals surface area (Å²) in [6.07, 6.45) is 3.75. The van der Waals surface area contributed by atoms with E-state index in [-0.39, 0.29) is 18.4 Å². The normalized spacial score (nSPS) is 16.6. The van der Waals surface area contributed by atoms with Crippen LogP contribution in [0, 0.1) is 6.92 Å². The molecule has 0 N–H and O–H groups in total. The molecule has 0 aliphatic carbocycles. The van der Waals surface area contributed by atoms with E-state index in [1.54, 1.807) is 24.2 Å². The van der Waals surface area contributed by atoms with E-state index in [9.17, 15) is 4.79 Å². The summed E-state index contributed by atoms with van der Waals surface area (Å²) in [6, 6.07) is 11.0. The highest BCUT2D eigenvalue weighted by molar-refractivity contribution is 5.79. The molecule has 0 unspecified atom stereocenters. The number of rotatable bonds is 6. The number of pyridine rings is 1. The predicted molar refractivity (Wildman–Crippen MR) is 103 cm³/mol. The van der Waals surface area contributed by atoms with Gasteiger partial charge in [-0.15, -0.1) is 0 Å². The minimum atomic E-state index is -0.359. The number of morpholine rings is 1. The van der Waals surface area contributed by atoms with Gasteiger partial charge >= 0.3 is 0 Å². The SMILES string of the molecule is Cc1noc([C@@H]2COCCN2C(=O)Cc2cccc(OCc3cccnc3)c2)n1. The molecule has 1 fully saturated rings. The first kappa shape index (κ1) is 19.1. The molecule has 29 heavy (non-hydrogen) atoms. The first-order chi connectivity index (χ1) is 14.2. The van der Waals surface area contributed by atoms with Crippen molar-refractivity contribution in [3.05, 3.63) is 71.6 Å².